The molecule has 1 aromatic heterocycles. The van der Waals surface area contributed by atoms with Gasteiger partial charge in [-0.2, -0.15) is 18.4 Å². The molecule has 1 N–H and O–H groups in total. The average Bonchev–Trinajstić information content (AvgIpc) is 3.15. The van der Waals surface area contributed by atoms with Crippen molar-refractivity contribution in [3.63, 3.8) is 0 Å². The monoisotopic (exact) mass is 442 g/mol. The molecule has 4 aromatic rings. The SMILES string of the molecule is N#Cc1cc(NC(=O)c2cc(F)ccc2F)ccc1-n1c(C(F)(F)F)nc2ccccc21. The van der Waals surface area contributed by atoms with Crippen LogP contribution in [0.5, 0.6) is 0 Å². The van der Waals surface area contributed by atoms with Crippen LogP contribution in [0.3, 0.4) is 0 Å². The highest BCUT2D eigenvalue weighted by Crippen LogP contribution is 2.35. The van der Waals surface area contributed by atoms with E-state index in [-0.39, 0.29) is 28.0 Å². The van der Waals surface area contributed by atoms with E-state index in [1.165, 1.54) is 36.4 Å². The number of anilines is 1. The summed E-state index contributed by atoms with van der Waals surface area (Å²) < 4.78 is 68.9. The molecule has 4 rings (SSSR count). The number of benzene rings is 3. The Kier molecular flexibility index (Phi) is 5.10. The zero-order chi connectivity index (χ0) is 23.0. The Balaban J connectivity index is 1.79. The first-order chi connectivity index (χ1) is 15.2. The summed E-state index contributed by atoms with van der Waals surface area (Å²) in [4.78, 5) is 15.9. The van der Waals surface area contributed by atoms with E-state index in [9.17, 15) is 32.0 Å². The maximum absolute atomic E-state index is 13.8. The maximum atomic E-state index is 13.8. The van der Waals surface area contributed by atoms with Gasteiger partial charge in [-0.3, -0.25) is 9.36 Å². The molecule has 160 valence electrons. The fraction of sp³-hybridized carbons (Fsp3) is 0.0455. The number of rotatable bonds is 3. The van der Waals surface area contributed by atoms with Crippen LogP contribution < -0.4 is 5.32 Å². The Morgan fingerprint density at radius 1 is 1.03 bits per heavy atom. The highest BCUT2D eigenvalue weighted by atomic mass is 19.4. The standard InChI is InChI=1S/C22H11F5N4O/c23-13-5-7-16(24)15(10-13)20(32)29-14-6-8-18(12(9-14)11-28)31-19-4-2-1-3-17(19)30-21(31)22(25,26)27/h1-10H,(H,29,32). The minimum Gasteiger partial charge on any atom is -0.322 e. The third-order valence-electron chi connectivity index (χ3n) is 4.60. The summed E-state index contributed by atoms with van der Waals surface area (Å²) in [7, 11) is 0. The summed E-state index contributed by atoms with van der Waals surface area (Å²) >= 11 is 0. The lowest BCUT2D eigenvalue weighted by Gasteiger charge is -2.14. The van der Waals surface area contributed by atoms with Gasteiger partial charge in [0.15, 0.2) is 0 Å². The number of alkyl halides is 3. The molecule has 10 heteroatoms. The van der Waals surface area contributed by atoms with E-state index < -0.39 is 35.1 Å². The number of imidazole rings is 1. The highest BCUT2D eigenvalue weighted by molar-refractivity contribution is 6.04. The minimum atomic E-state index is -4.80. The first kappa shape index (κ1) is 21.0. The van der Waals surface area contributed by atoms with Gasteiger partial charge in [-0.25, -0.2) is 13.8 Å². The number of nitriles is 1. The van der Waals surface area contributed by atoms with Crippen LogP contribution in [0.15, 0.2) is 60.7 Å². The van der Waals surface area contributed by atoms with Crippen LogP contribution in [-0.2, 0) is 6.18 Å². The Labute approximate surface area is 177 Å². The maximum Gasteiger partial charge on any atom is 0.450 e. The van der Waals surface area contributed by atoms with Crippen molar-refractivity contribution in [2.75, 3.05) is 5.32 Å². The van der Waals surface area contributed by atoms with Gasteiger partial charge in [0, 0.05) is 5.69 Å². The fourth-order valence-electron chi connectivity index (χ4n) is 3.23. The fourth-order valence-corrected chi connectivity index (χ4v) is 3.23. The van der Waals surface area contributed by atoms with Crippen molar-refractivity contribution in [1.82, 2.24) is 9.55 Å². The van der Waals surface area contributed by atoms with Gasteiger partial charge in [-0.1, -0.05) is 12.1 Å². The quantitative estimate of drug-likeness (QED) is 0.429. The normalized spacial score (nSPS) is 11.4. The summed E-state index contributed by atoms with van der Waals surface area (Å²) in [5, 5.41) is 11.9. The molecule has 0 aliphatic carbocycles. The second-order valence-electron chi connectivity index (χ2n) is 6.68. The number of hydrogen-bond donors (Lipinski definition) is 1. The molecule has 0 saturated heterocycles. The van der Waals surface area contributed by atoms with Crippen molar-refractivity contribution in [1.29, 1.82) is 5.26 Å². The van der Waals surface area contributed by atoms with Gasteiger partial charge in [-0.05, 0) is 48.5 Å². The smallest absolute Gasteiger partial charge is 0.322 e. The van der Waals surface area contributed by atoms with Crippen molar-refractivity contribution < 1.29 is 26.7 Å². The van der Waals surface area contributed by atoms with Crippen LogP contribution in [0.2, 0.25) is 0 Å². The number of nitrogens with zero attached hydrogens (tertiary/aromatic N) is 3. The zero-order valence-electron chi connectivity index (χ0n) is 15.9. The van der Waals surface area contributed by atoms with Crippen molar-refractivity contribution in [3.05, 3.63) is 89.2 Å². The van der Waals surface area contributed by atoms with Gasteiger partial charge in [0.2, 0.25) is 5.82 Å². The van der Waals surface area contributed by atoms with Gasteiger partial charge in [0.25, 0.3) is 5.91 Å². The van der Waals surface area contributed by atoms with Crippen molar-refractivity contribution in [2.24, 2.45) is 0 Å². The average molecular weight is 442 g/mol. The van der Waals surface area contributed by atoms with E-state index in [1.54, 1.807) is 6.07 Å². The first-order valence-electron chi connectivity index (χ1n) is 9.04. The lowest BCUT2D eigenvalue weighted by atomic mass is 10.1. The van der Waals surface area contributed by atoms with Crippen molar-refractivity contribution in [3.8, 4) is 11.8 Å². The topological polar surface area (TPSA) is 70.7 Å². The third-order valence-corrected chi connectivity index (χ3v) is 4.60. The number of nitrogens with one attached hydrogen (secondary N) is 1. The lowest BCUT2D eigenvalue weighted by molar-refractivity contribution is -0.145. The molecule has 0 aliphatic heterocycles. The molecular formula is C22H11F5N4O. The molecule has 0 fully saturated rings. The van der Waals surface area contributed by atoms with Gasteiger partial charge < -0.3 is 5.32 Å². The van der Waals surface area contributed by atoms with Crippen LogP contribution in [0.25, 0.3) is 16.7 Å². The predicted octanol–water partition coefficient (Wildman–Crippen LogP) is 5.45. The first-order valence-corrected chi connectivity index (χ1v) is 9.04. The van der Waals surface area contributed by atoms with E-state index in [0.29, 0.717) is 6.07 Å². The molecule has 0 radical (unpaired) electrons. The second-order valence-corrected chi connectivity index (χ2v) is 6.68. The molecular weight excluding hydrogens is 431 g/mol. The van der Waals surface area contributed by atoms with E-state index in [4.69, 9.17) is 0 Å². The summed E-state index contributed by atoms with van der Waals surface area (Å²) in [6.45, 7) is 0. The molecule has 0 saturated carbocycles. The van der Waals surface area contributed by atoms with Crippen LogP contribution in [0.1, 0.15) is 21.7 Å². The zero-order valence-corrected chi connectivity index (χ0v) is 15.9. The second kappa shape index (κ2) is 7.77. The largest absolute Gasteiger partial charge is 0.450 e. The number of halogens is 5. The molecule has 0 bridgehead atoms. The van der Waals surface area contributed by atoms with Crippen LogP contribution in [0, 0.1) is 23.0 Å². The molecule has 1 heterocycles. The molecule has 0 unspecified atom stereocenters. The molecule has 0 aliphatic rings. The van der Waals surface area contributed by atoms with Gasteiger partial charge in [0.1, 0.15) is 17.7 Å². The Bertz CT molecular complexity index is 1400. The van der Waals surface area contributed by atoms with Gasteiger partial charge in [0.05, 0.1) is 27.8 Å². The molecule has 32 heavy (non-hydrogen) atoms. The van der Waals surface area contributed by atoms with Crippen molar-refractivity contribution in [2.45, 2.75) is 6.18 Å². The van der Waals surface area contributed by atoms with Crippen LogP contribution in [-0.4, -0.2) is 15.5 Å². The Morgan fingerprint density at radius 3 is 2.50 bits per heavy atom. The summed E-state index contributed by atoms with van der Waals surface area (Å²) in [5.41, 5.74) is -0.637. The van der Waals surface area contributed by atoms with E-state index >= 15 is 0 Å². The van der Waals surface area contributed by atoms with E-state index in [0.717, 1.165) is 22.8 Å². The molecule has 3 aromatic carbocycles. The molecule has 5 nitrogen and oxygen atoms in total. The van der Waals surface area contributed by atoms with Crippen molar-refractivity contribution >= 4 is 22.6 Å². The van der Waals surface area contributed by atoms with E-state index in [1.807, 2.05) is 0 Å². The summed E-state index contributed by atoms with van der Waals surface area (Å²) in [6.07, 6.45) is -4.80. The summed E-state index contributed by atoms with van der Waals surface area (Å²) in [6, 6.07) is 13.7. The molecule has 0 spiro atoms. The third kappa shape index (κ3) is 3.76. The Hall–Kier alpha value is -4.26. The number of amides is 1. The summed E-state index contributed by atoms with van der Waals surface area (Å²) in [5.74, 6) is -3.98. The number of fused-ring (bicyclic) bond motifs is 1. The number of carbonyl (C=O) groups excluding carboxylic acids is 1. The van der Waals surface area contributed by atoms with Crippen LogP contribution >= 0.6 is 0 Å². The highest BCUT2D eigenvalue weighted by Gasteiger charge is 2.38. The minimum absolute atomic E-state index is 0.0111. The number of para-hydroxylation sites is 2. The predicted molar refractivity (Wildman–Crippen MR) is 105 cm³/mol. The van der Waals surface area contributed by atoms with Gasteiger partial charge in [-0.15, -0.1) is 0 Å². The lowest BCUT2D eigenvalue weighted by Crippen LogP contribution is -2.16. The van der Waals surface area contributed by atoms with Gasteiger partial charge >= 0.3 is 6.18 Å². The van der Waals surface area contributed by atoms with E-state index in [2.05, 4.69) is 10.3 Å². The number of hydrogen-bond acceptors (Lipinski definition) is 3. The number of aromatic nitrogens is 2. The number of carbonyl (C=O) groups is 1. The molecule has 1 amide bonds. The molecule has 0 atom stereocenters. The van der Waals surface area contributed by atoms with Crippen LogP contribution in [0.4, 0.5) is 27.6 Å². The Morgan fingerprint density at radius 2 is 1.78 bits per heavy atom.